The van der Waals surface area contributed by atoms with E-state index >= 15 is 0 Å². The number of aryl methyl sites for hydroxylation is 1. The van der Waals surface area contributed by atoms with Gasteiger partial charge in [-0.15, -0.1) is 0 Å². The Bertz CT molecular complexity index is 973. The predicted octanol–water partition coefficient (Wildman–Crippen LogP) is 4.11. The maximum absolute atomic E-state index is 13.7. The third kappa shape index (κ3) is 4.85. The number of amides is 1. The van der Waals surface area contributed by atoms with Gasteiger partial charge in [-0.05, 0) is 49.2 Å². The molecule has 8 heteroatoms. The Hall–Kier alpha value is -3.42. The van der Waals surface area contributed by atoms with E-state index in [0.29, 0.717) is 18.7 Å². The molecule has 28 heavy (non-hydrogen) atoms. The summed E-state index contributed by atoms with van der Waals surface area (Å²) in [7, 11) is 0. The number of carbonyl (C=O) groups excluding carboxylic acids is 1. The summed E-state index contributed by atoms with van der Waals surface area (Å²) >= 11 is 0. The van der Waals surface area contributed by atoms with Crippen LogP contribution in [0.2, 0.25) is 0 Å². The summed E-state index contributed by atoms with van der Waals surface area (Å²) in [5.41, 5.74) is 0.877. The average Bonchev–Trinajstić information content (AvgIpc) is 2.66. The van der Waals surface area contributed by atoms with E-state index < -0.39 is 23.2 Å². The van der Waals surface area contributed by atoms with Crippen LogP contribution in [0.5, 0.6) is 0 Å². The molecule has 144 valence electrons. The smallest absolute Gasteiger partial charge is 0.274 e. The number of nitrogens with one attached hydrogen (secondary N) is 2. The van der Waals surface area contributed by atoms with Crippen molar-refractivity contribution >= 4 is 17.5 Å². The molecular weight excluding hydrogens is 369 g/mol. The van der Waals surface area contributed by atoms with Crippen molar-refractivity contribution in [3.8, 4) is 0 Å². The fourth-order valence-electron chi connectivity index (χ4n) is 2.53. The SMILES string of the molecule is Cc1cc(C(=O)Nc2c(F)cccc2F)nc(NCCc2ccc(F)cc2)n1. The van der Waals surface area contributed by atoms with Gasteiger partial charge in [-0.25, -0.2) is 23.1 Å². The number of aromatic nitrogens is 2. The number of hydrogen-bond donors (Lipinski definition) is 2. The zero-order valence-electron chi connectivity index (χ0n) is 15.0. The number of anilines is 2. The number of carbonyl (C=O) groups is 1. The molecule has 0 atom stereocenters. The van der Waals surface area contributed by atoms with Crippen LogP contribution in [-0.4, -0.2) is 22.4 Å². The summed E-state index contributed by atoms with van der Waals surface area (Å²) in [6, 6.07) is 10.8. The van der Waals surface area contributed by atoms with Gasteiger partial charge in [0.2, 0.25) is 5.95 Å². The van der Waals surface area contributed by atoms with E-state index in [9.17, 15) is 18.0 Å². The minimum atomic E-state index is -0.878. The third-order valence-electron chi connectivity index (χ3n) is 3.90. The van der Waals surface area contributed by atoms with Gasteiger partial charge in [-0.2, -0.15) is 0 Å². The molecule has 3 aromatic rings. The van der Waals surface area contributed by atoms with Crippen molar-refractivity contribution in [2.45, 2.75) is 13.3 Å². The molecular formula is C20H17F3N4O. The zero-order chi connectivity index (χ0) is 20.1. The van der Waals surface area contributed by atoms with E-state index in [1.54, 1.807) is 19.1 Å². The lowest BCUT2D eigenvalue weighted by Gasteiger charge is -2.10. The summed E-state index contributed by atoms with van der Waals surface area (Å²) in [5.74, 6) is -2.61. The van der Waals surface area contributed by atoms with Crippen LogP contribution in [0.3, 0.4) is 0 Å². The van der Waals surface area contributed by atoms with E-state index in [0.717, 1.165) is 17.7 Å². The topological polar surface area (TPSA) is 66.9 Å². The first-order valence-corrected chi connectivity index (χ1v) is 8.52. The number of halogens is 3. The number of benzene rings is 2. The summed E-state index contributed by atoms with van der Waals surface area (Å²) < 4.78 is 40.4. The van der Waals surface area contributed by atoms with Gasteiger partial charge in [-0.3, -0.25) is 4.79 Å². The number of hydrogen-bond acceptors (Lipinski definition) is 4. The molecule has 0 radical (unpaired) electrons. The molecule has 0 saturated carbocycles. The average molecular weight is 386 g/mol. The molecule has 0 bridgehead atoms. The highest BCUT2D eigenvalue weighted by Gasteiger charge is 2.16. The maximum atomic E-state index is 13.7. The first-order valence-electron chi connectivity index (χ1n) is 8.52. The van der Waals surface area contributed by atoms with Gasteiger partial charge in [0.05, 0.1) is 0 Å². The first-order chi connectivity index (χ1) is 13.4. The van der Waals surface area contributed by atoms with Crippen LogP contribution in [0.4, 0.5) is 24.8 Å². The largest absolute Gasteiger partial charge is 0.354 e. The summed E-state index contributed by atoms with van der Waals surface area (Å²) in [6.45, 7) is 2.13. The minimum Gasteiger partial charge on any atom is -0.354 e. The van der Waals surface area contributed by atoms with E-state index in [1.807, 2.05) is 0 Å². The molecule has 1 heterocycles. The molecule has 2 N–H and O–H groups in total. The Labute approximate surface area is 159 Å². The van der Waals surface area contributed by atoms with Crippen LogP contribution in [-0.2, 0) is 6.42 Å². The first kappa shape index (κ1) is 19.3. The van der Waals surface area contributed by atoms with E-state index in [1.165, 1.54) is 24.3 Å². The number of nitrogens with zero attached hydrogens (tertiary/aromatic N) is 2. The van der Waals surface area contributed by atoms with Crippen molar-refractivity contribution in [3.05, 3.63) is 82.9 Å². The quantitative estimate of drug-likeness (QED) is 0.669. The molecule has 0 aliphatic carbocycles. The Morgan fingerprint density at radius 2 is 1.68 bits per heavy atom. The molecule has 0 spiro atoms. The Morgan fingerprint density at radius 3 is 2.36 bits per heavy atom. The lowest BCUT2D eigenvalue weighted by Crippen LogP contribution is -2.18. The van der Waals surface area contributed by atoms with Gasteiger partial charge >= 0.3 is 0 Å². The van der Waals surface area contributed by atoms with Gasteiger partial charge in [0.25, 0.3) is 5.91 Å². The fourth-order valence-corrected chi connectivity index (χ4v) is 2.53. The highest BCUT2D eigenvalue weighted by molar-refractivity contribution is 6.03. The minimum absolute atomic E-state index is 0.0283. The Balaban J connectivity index is 1.68. The van der Waals surface area contributed by atoms with Crippen molar-refractivity contribution in [2.75, 3.05) is 17.2 Å². The van der Waals surface area contributed by atoms with Crippen molar-refractivity contribution in [3.63, 3.8) is 0 Å². The molecule has 3 rings (SSSR count). The number of rotatable bonds is 6. The molecule has 5 nitrogen and oxygen atoms in total. The van der Waals surface area contributed by atoms with Crippen molar-refractivity contribution < 1.29 is 18.0 Å². The molecule has 1 amide bonds. The second-order valence-electron chi connectivity index (χ2n) is 6.07. The van der Waals surface area contributed by atoms with Crippen LogP contribution < -0.4 is 10.6 Å². The Morgan fingerprint density at radius 1 is 1.00 bits per heavy atom. The van der Waals surface area contributed by atoms with E-state index in [4.69, 9.17) is 0 Å². The molecule has 0 aliphatic rings. The molecule has 0 saturated heterocycles. The summed E-state index contributed by atoms with van der Waals surface area (Å²) in [4.78, 5) is 20.6. The second-order valence-corrected chi connectivity index (χ2v) is 6.07. The Kier molecular flexibility index (Phi) is 5.88. The van der Waals surface area contributed by atoms with Crippen molar-refractivity contribution in [2.24, 2.45) is 0 Å². The van der Waals surface area contributed by atoms with Crippen LogP contribution in [0.1, 0.15) is 21.7 Å². The lowest BCUT2D eigenvalue weighted by molar-refractivity contribution is 0.102. The van der Waals surface area contributed by atoms with Gasteiger partial charge in [0.1, 0.15) is 28.8 Å². The molecule has 2 aromatic carbocycles. The third-order valence-corrected chi connectivity index (χ3v) is 3.90. The molecule has 0 aliphatic heterocycles. The van der Waals surface area contributed by atoms with Gasteiger partial charge in [0, 0.05) is 12.2 Å². The van der Waals surface area contributed by atoms with Crippen molar-refractivity contribution in [1.82, 2.24) is 9.97 Å². The number of para-hydroxylation sites is 1. The van der Waals surface area contributed by atoms with Crippen LogP contribution in [0, 0.1) is 24.4 Å². The summed E-state index contributed by atoms with van der Waals surface area (Å²) in [6.07, 6.45) is 0.597. The van der Waals surface area contributed by atoms with Crippen LogP contribution in [0.15, 0.2) is 48.5 Å². The zero-order valence-corrected chi connectivity index (χ0v) is 15.0. The molecule has 0 unspecified atom stereocenters. The van der Waals surface area contributed by atoms with E-state index in [2.05, 4.69) is 20.6 Å². The van der Waals surface area contributed by atoms with Crippen LogP contribution >= 0.6 is 0 Å². The fraction of sp³-hybridized carbons (Fsp3) is 0.150. The summed E-state index contributed by atoms with van der Waals surface area (Å²) in [5, 5.41) is 5.18. The normalized spacial score (nSPS) is 10.6. The molecule has 0 fully saturated rings. The second kappa shape index (κ2) is 8.51. The van der Waals surface area contributed by atoms with Crippen molar-refractivity contribution in [1.29, 1.82) is 0 Å². The van der Waals surface area contributed by atoms with Gasteiger partial charge in [-0.1, -0.05) is 18.2 Å². The van der Waals surface area contributed by atoms with Gasteiger partial charge < -0.3 is 10.6 Å². The molecule has 1 aromatic heterocycles. The van der Waals surface area contributed by atoms with Gasteiger partial charge in [0.15, 0.2) is 0 Å². The monoisotopic (exact) mass is 386 g/mol. The highest BCUT2D eigenvalue weighted by atomic mass is 19.1. The van der Waals surface area contributed by atoms with Crippen LogP contribution in [0.25, 0.3) is 0 Å². The highest BCUT2D eigenvalue weighted by Crippen LogP contribution is 2.19. The maximum Gasteiger partial charge on any atom is 0.274 e. The lowest BCUT2D eigenvalue weighted by atomic mass is 10.1. The predicted molar refractivity (Wildman–Crippen MR) is 99.7 cm³/mol. The van der Waals surface area contributed by atoms with E-state index in [-0.39, 0.29) is 17.5 Å². The standard InChI is InChI=1S/C20H17F3N4O/c1-12-11-17(19(28)27-18-15(22)3-2-4-16(18)23)26-20(25-12)24-10-9-13-5-7-14(21)8-6-13/h2-8,11H,9-10H2,1H3,(H,27,28)(H,24,25,26).